The highest BCUT2D eigenvalue weighted by Gasteiger charge is 2.31. The van der Waals surface area contributed by atoms with Gasteiger partial charge in [0.05, 0.1) is 18.8 Å². The first kappa shape index (κ1) is 17.4. The molecule has 134 valence electrons. The maximum atomic E-state index is 14.4. The molecular formula is C17H20FN3O4. The van der Waals surface area contributed by atoms with Gasteiger partial charge in [-0.25, -0.2) is 4.39 Å². The quantitative estimate of drug-likeness (QED) is 0.700. The molecule has 1 saturated heterocycles. The smallest absolute Gasteiger partial charge is 0.317 e. The Morgan fingerprint density at radius 1 is 1.44 bits per heavy atom. The number of hydrogen-bond acceptors (Lipinski definition) is 5. The summed E-state index contributed by atoms with van der Waals surface area (Å²) in [7, 11) is 0. The maximum absolute atomic E-state index is 14.4. The number of rotatable bonds is 6. The summed E-state index contributed by atoms with van der Waals surface area (Å²) in [4.78, 5) is 28.7. The fourth-order valence-electron chi connectivity index (χ4n) is 3.01. The fourth-order valence-corrected chi connectivity index (χ4v) is 3.01. The highest BCUT2D eigenvalue weighted by Crippen LogP contribution is 2.30. The van der Waals surface area contributed by atoms with Gasteiger partial charge in [-0.05, 0) is 17.7 Å². The van der Waals surface area contributed by atoms with Gasteiger partial charge >= 0.3 is 5.97 Å². The van der Waals surface area contributed by atoms with E-state index in [1.165, 1.54) is 13.0 Å². The van der Waals surface area contributed by atoms with Gasteiger partial charge < -0.3 is 10.4 Å². The van der Waals surface area contributed by atoms with E-state index in [4.69, 9.17) is 9.94 Å². The van der Waals surface area contributed by atoms with Crippen molar-refractivity contribution in [3.63, 3.8) is 0 Å². The van der Waals surface area contributed by atoms with Gasteiger partial charge in [0.2, 0.25) is 5.91 Å². The summed E-state index contributed by atoms with van der Waals surface area (Å²) in [6, 6.07) is 4.98. The van der Waals surface area contributed by atoms with Crippen molar-refractivity contribution in [1.29, 1.82) is 0 Å². The Bertz CT molecular complexity index is 716. The van der Waals surface area contributed by atoms with Crippen LogP contribution in [0, 0.1) is 5.82 Å². The molecule has 1 amide bonds. The fraction of sp³-hybridized carbons (Fsp3) is 0.412. The summed E-state index contributed by atoms with van der Waals surface area (Å²) in [5.41, 5.74) is 4.66. The van der Waals surface area contributed by atoms with Crippen LogP contribution in [0.25, 0.3) is 5.70 Å². The molecule has 0 saturated carbocycles. The zero-order valence-electron chi connectivity index (χ0n) is 13.8. The van der Waals surface area contributed by atoms with E-state index in [0.29, 0.717) is 36.5 Å². The number of aliphatic carboxylic acids is 1. The highest BCUT2D eigenvalue weighted by atomic mass is 19.1. The molecule has 0 aliphatic carbocycles. The van der Waals surface area contributed by atoms with Crippen LogP contribution in [0.4, 0.5) is 4.39 Å². The lowest BCUT2D eigenvalue weighted by Crippen LogP contribution is -2.47. The number of hydroxylamine groups is 1. The molecule has 2 aliphatic heterocycles. The van der Waals surface area contributed by atoms with Gasteiger partial charge in [-0.1, -0.05) is 12.1 Å². The van der Waals surface area contributed by atoms with E-state index in [9.17, 15) is 14.0 Å². The van der Waals surface area contributed by atoms with E-state index in [2.05, 4.69) is 10.8 Å². The second-order valence-electron chi connectivity index (χ2n) is 6.30. The number of nitrogens with zero attached hydrogens (tertiary/aromatic N) is 1. The third-order valence-corrected chi connectivity index (χ3v) is 4.29. The normalized spacial score (nSPS) is 20.6. The number of carbonyl (C=O) groups is 2. The van der Waals surface area contributed by atoms with Crippen molar-refractivity contribution in [3.05, 3.63) is 41.2 Å². The number of amides is 1. The summed E-state index contributed by atoms with van der Waals surface area (Å²) in [5, 5.41) is 11.4. The zero-order valence-corrected chi connectivity index (χ0v) is 13.8. The van der Waals surface area contributed by atoms with Crippen LogP contribution in [-0.4, -0.2) is 54.2 Å². The lowest BCUT2D eigenvalue weighted by Gasteiger charge is -2.38. The minimum Gasteiger partial charge on any atom is -0.480 e. The lowest BCUT2D eigenvalue weighted by atomic mass is 9.90. The van der Waals surface area contributed by atoms with Crippen molar-refractivity contribution in [3.8, 4) is 0 Å². The summed E-state index contributed by atoms with van der Waals surface area (Å²) >= 11 is 0. The highest BCUT2D eigenvalue weighted by molar-refractivity contribution is 5.73. The van der Waals surface area contributed by atoms with Crippen LogP contribution in [0.3, 0.4) is 0 Å². The van der Waals surface area contributed by atoms with Gasteiger partial charge in [-0.3, -0.25) is 24.8 Å². The van der Waals surface area contributed by atoms with Crippen LogP contribution in [0.5, 0.6) is 0 Å². The minimum atomic E-state index is -0.873. The molecule has 1 aromatic carbocycles. The van der Waals surface area contributed by atoms with E-state index in [0.717, 1.165) is 0 Å². The lowest BCUT2D eigenvalue weighted by molar-refractivity contribution is -0.139. The number of carbonyl (C=O) groups excluding carboxylic acids is 1. The number of carboxylic acids is 1. The molecule has 2 aliphatic rings. The molecule has 0 bridgehead atoms. The zero-order chi connectivity index (χ0) is 18.0. The average Bonchev–Trinajstić information content (AvgIpc) is 2.97. The molecule has 1 unspecified atom stereocenters. The Kier molecular flexibility index (Phi) is 5.00. The molecule has 7 nitrogen and oxygen atoms in total. The average molecular weight is 349 g/mol. The first-order chi connectivity index (χ1) is 11.9. The second-order valence-corrected chi connectivity index (χ2v) is 6.30. The van der Waals surface area contributed by atoms with Gasteiger partial charge in [0.25, 0.3) is 0 Å². The summed E-state index contributed by atoms with van der Waals surface area (Å²) in [5.74, 6) is -1.31. The number of likely N-dealkylation sites (tertiary alicyclic amines) is 1. The topological polar surface area (TPSA) is 90.9 Å². The standard InChI is InChI=1S/C17H20FN3O4/c1-10(22)19-6-13-5-16(20-25-13)11-2-3-14(15(18)4-11)12-7-21(8-12)9-17(23)24/h2-5,12-13,20H,6-9H2,1H3,(H,19,22)(H,23,24). The molecule has 25 heavy (non-hydrogen) atoms. The summed E-state index contributed by atoms with van der Waals surface area (Å²) in [6.45, 7) is 2.85. The SMILES string of the molecule is CC(=O)NCC1C=C(c2ccc(C3CN(CC(=O)O)C3)c(F)c2)NO1. The Hall–Kier alpha value is -2.45. The van der Waals surface area contributed by atoms with Gasteiger partial charge in [-0.2, -0.15) is 0 Å². The Labute approximate surface area is 144 Å². The third kappa shape index (κ3) is 4.15. The number of hydrogen-bond donors (Lipinski definition) is 3. The van der Waals surface area contributed by atoms with Crippen molar-refractivity contribution in [2.45, 2.75) is 18.9 Å². The summed E-state index contributed by atoms with van der Waals surface area (Å²) < 4.78 is 14.4. The van der Waals surface area contributed by atoms with E-state index < -0.39 is 5.97 Å². The molecule has 1 fully saturated rings. The number of benzene rings is 1. The van der Waals surface area contributed by atoms with Crippen molar-refractivity contribution in [2.24, 2.45) is 0 Å². The molecule has 1 aromatic rings. The number of halogens is 1. The Morgan fingerprint density at radius 3 is 2.84 bits per heavy atom. The first-order valence-electron chi connectivity index (χ1n) is 8.04. The summed E-state index contributed by atoms with van der Waals surface area (Å²) in [6.07, 6.45) is 1.49. The molecule has 3 rings (SSSR count). The van der Waals surface area contributed by atoms with Crippen LogP contribution in [0.2, 0.25) is 0 Å². The van der Waals surface area contributed by atoms with E-state index in [1.807, 2.05) is 0 Å². The van der Waals surface area contributed by atoms with E-state index >= 15 is 0 Å². The Morgan fingerprint density at radius 2 is 2.20 bits per heavy atom. The first-order valence-corrected chi connectivity index (χ1v) is 8.04. The van der Waals surface area contributed by atoms with Gasteiger partial charge in [0.15, 0.2) is 0 Å². The largest absolute Gasteiger partial charge is 0.480 e. The molecule has 0 aromatic heterocycles. The predicted octanol–water partition coefficient (Wildman–Crippen LogP) is 0.690. The van der Waals surface area contributed by atoms with Crippen LogP contribution >= 0.6 is 0 Å². The van der Waals surface area contributed by atoms with Crippen LogP contribution in [0.1, 0.15) is 24.0 Å². The molecule has 3 N–H and O–H groups in total. The van der Waals surface area contributed by atoms with Crippen molar-refractivity contribution in [1.82, 2.24) is 15.7 Å². The monoisotopic (exact) mass is 349 g/mol. The van der Waals surface area contributed by atoms with Crippen LogP contribution < -0.4 is 10.8 Å². The van der Waals surface area contributed by atoms with Crippen molar-refractivity contribution < 1.29 is 23.9 Å². The van der Waals surface area contributed by atoms with Crippen molar-refractivity contribution in [2.75, 3.05) is 26.2 Å². The van der Waals surface area contributed by atoms with Gasteiger partial charge in [-0.15, -0.1) is 0 Å². The van der Waals surface area contributed by atoms with Gasteiger partial charge in [0, 0.05) is 31.5 Å². The predicted molar refractivity (Wildman–Crippen MR) is 87.9 cm³/mol. The van der Waals surface area contributed by atoms with E-state index in [-0.39, 0.29) is 30.3 Å². The maximum Gasteiger partial charge on any atom is 0.317 e. The molecule has 2 heterocycles. The molecule has 0 radical (unpaired) electrons. The molecule has 8 heteroatoms. The minimum absolute atomic E-state index is 0.0139. The van der Waals surface area contributed by atoms with Crippen LogP contribution in [0.15, 0.2) is 24.3 Å². The number of nitrogens with one attached hydrogen (secondary N) is 2. The second kappa shape index (κ2) is 7.20. The van der Waals surface area contributed by atoms with Crippen LogP contribution in [-0.2, 0) is 14.4 Å². The molecule has 1 atom stereocenters. The molecule has 0 spiro atoms. The van der Waals surface area contributed by atoms with Crippen molar-refractivity contribution >= 4 is 17.6 Å². The number of carboxylic acid groups (broad SMARTS) is 1. The Balaban J connectivity index is 1.62. The van der Waals surface area contributed by atoms with Gasteiger partial charge in [0.1, 0.15) is 11.9 Å². The third-order valence-electron chi connectivity index (χ3n) is 4.29. The van der Waals surface area contributed by atoms with E-state index in [1.54, 1.807) is 23.1 Å². The molecular weight excluding hydrogens is 329 g/mol.